The first-order valence-corrected chi connectivity index (χ1v) is 6.64. The Bertz CT molecular complexity index is 592. The zero-order chi connectivity index (χ0) is 12.8. The standard InChI is InChI=1S/C13H16N6/c1-18-8-9(6-16-18)11-7-15-13-12(17-10-2-3-10)14-4-5-19(11)13/h4-6,8,10-11H,2-3,7H2,1H3,(H,14,17). The molecule has 1 unspecified atom stereocenters. The van der Waals surface area contributed by atoms with E-state index in [0.29, 0.717) is 6.04 Å². The van der Waals surface area contributed by atoms with E-state index in [0.717, 1.165) is 18.2 Å². The van der Waals surface area contributed by atoms with Gasteiger partial charge in [0.1, 0.15) is 0 Å². The van der Waals surface area contributed by atoms with Crippen LogP contribution in [-0.2, 0) is 7.05 Å². The number of nitrogens with zero attached hydrogens (tertiary/aromatic N) is 5. The van der Waals surface area contributed by atoms with Crippen LogP contribution in [0, 0.1) is 0 Å². The molecule has 1 aliphatic carbocycles. The van der Waals surface area contributed by atoms with Gasteiger partial charge in [0.25, 0.3) is 0 Å². The average molecular weight is 256 g/mol. The molecule has 3 heterocycles. The summed E-state index contributed by atoms with van der Waals surface area (Å²) in [6.07, 6.45) is 10.3. The Morgan fingerprint density at radius 2 is 2.32 bits per heavy atom. The number of aromatic nitrogens is 2. The van der Waals surface area contributed by atoms with Gasteiger partial charge in [-0.25, -0.2) is 0 Å². The second kappa shape index (κ2) is 3.94. The van der Waals surface area contributed by atoms with Gasteiger partial charge in [0.15, 0.2) is 11.7 Å². The van der Waals surface area contributed by atoms with Crippen LogP contribution in [0.5, 0.6) is 0 Å². The van der Waals surface area contributed by atoms with Gasteiger partial charge in [-0.05, 0) is 12.8 Å². The number of aryl methyl sites for hydroxylation is 1. The molecule has 1 atom stereocenters. The third kappa shape index (κ3) is 1.83. The van der Waals surface area contributed by atoms with Crippen molar-refractivity contribution in [3.8, 4) is 0 Å². The van der Waals surface area contributed by atoms with E-state index in [4.69, 9.17) is 0 Å². The molecule has 1 N–H and O–H groups in total. The van der Waals surface area contributed by atoms with Crippen molar-refractivity contribution in [2.75, 3.05) is 6.54 Å². The summed E-state index contributed by atoms with van der Waals surface area (Å²) in [5, 5.41) is 7.46. The summed E-state index contributed by atoms with van der Waals surface area (Å²) in [4.78, 5) is 11.5. The third-order valence-corrected chi connectivity index (χ3v) is 3.63. The van der Waals surface area contributed by atoms with E-state index in [2.05, 4.69) is 31.5 Å². The molecule has 0 saturated heterocycles. The Kier molecular flexibility index (Phi) is 2.24. The highest BCUT2D eigenvalue weighted by Gasteiger charge is 2.34. The van der Waals surface area contributed by atoms with Gasteiger partial charge in [-0.1, -0.05) is 0 Å². The van der Waals surface area contributed by atoms with Gasteiger partial charge in [0, 0.05) is 31.2 Å². The van der Waals surface area contributed by atoms with Crippen molar-refractivity contribution in [1.29, 1.82) is 0 Å². The van der Waals surface area contributed by atoms with Crippen LogP contribution >= 0.6 is 0 Å². The zero-order valence-electron chi connectivity index (χ0n) is 10.8. The van der Waals surface area contributed by atoms with Crippen LogP contribution in [-0.4, -0.2) is 38.9 Å². The van der Waals surface area contributed by atoms with Crippen LogP contribution in [0.4, 0.5) is 0 Å². The molecule has 0 radical (unpaired) electrons. The number of fused-ring (bicyclic) bond motifs is 1. The Hall–Kier alpha value is -2.11. The highest BCUT2D eigenvalue weighted by atomic mass is 15.3. The van der Waals surface area contributed by atoms with Crippen molar-refractivity contribution in [3.63, 3.8) is 0 Å². The quantitative estimate of drug-likeness (QED) is 0.852. The average Bonchev–Trinajstić information content (AvgIpc) is 2.95. The van der Waals surface area contributed by atoms with Crippen molar-refractivity contribution in [2.45, 2.75) is 24.9 Å². The SMILES string of the molecule is Cn1cc(C2CN=C3C(=NC4CC4)NC=CN32)cn1. The van der Waals surface area contributed by atoms with Crippen molar-refractivity contribution < 1.29 is 0 Å². The second-order valence-electron chi connectivity index (χ2n) is 5.20. The first-order valence-electron chi connectivity index (χ1n) is 6.64. The molecule has 0 spiro atoms. The third-order valence-electron chi connectivity index (χ3n) is 3.63. The Morgan fingerprint density at radius 3 is 3.05 bits per heavy atom. The molecule has 3 aliphatic rings. The molecule has 4 rings (SSSR count). The minimum Gasteiger partial charge on any atom is -0.342 e. The summed E-state index contributed by atoms with van der Waals surface area (Å²) in [5.74, 6) is 1.87. The summed E-state index contributed by atoms with van der Waals surface area (Å²) >= 11 is 0. The van der Waals surface area contributed by atoms with Gasteiger partial charge in [0.2, 0.25) is 0 Å². The number of hydrogen-bond donors (Lipinski definition) is 1. The maximum absolute atomic E-state index is 4.68. The van der Waals surface area contributed by atoms with Crippen molar-refractivity contribution >= 4 is 11.7 Å². The lowest BCUT2D eigenvalue weighted by molar-refractivity contribution is 0.455. The van der Waals surface area contributed by atoms with E-state index in [-0.39, 0.29) is 6.04 Å². The lowest BCUT2D eigenvalue weighted by Crippen LogP contribution is -2.41. The number of amidine groups is 2. The van der Waals surface area contributed by atoms with Gasteiger partial charge in [0.05, 0.1) is 24.8 Å². The van der Waals surface area contributed by atoms with Crippen LogP contribution in [0.1, 0.15) is 24.4 Å². The van der Waals surface area contributed by atoms with E-state index in [1.807, 2.05) is 30.3 Å². The van der Waals surface area contributed by atoms with Gasteiger partial charge in [-0.3, -0.25) is 14.7 Å². The molecule has 19 heavy (non-hydrogen) atoms. The summed E-state index contributed by atoms with van der Waals surface area (Å²) < 4.78 is 1.83. The Balaban J connectivity index is 1.64. The molecular weight excluding hydrogens is 240 g/mol. The van der Waals surface area contributed by atoms with Gasteiger partial charge in [-0.2, -0.15) is 5.10 Å². The smallest absolute Gasteiger partial charge is 0.171 e. The number of hydrogen-bond acceptors (Lipinski definition) is 4. The molecule has 6 nitrogen and oxygen atoms in total. The maximum atomic E-state index is 4.68. The zero-order valence-corrected chi connectivity index (χ0v) is 10.8. The van der Waals surface area contributed by atoms with Gasteiger partial charge >= 0.3 is 0 Å². The maximum Gasteiger partial charge on any atom is 0.171 e. The van der Waals surface area contributed by atoms with E-state index in [1.54, 1.807) is 0 Å². The molecule has 1 saturated carbocycles. The van der Waals surface area contributed by atoms with Gasteiger partial charge < -0.3 is 10.2 Å². The van der Waals surface area contributed by atoms with Crippen LogP contribution in [0.3, 0.4) is 0 Å². The van der Waals surface area contributed by atoms with E-state index in [9.17, 15) is 0 Å². The fourth-order valence-electron chi connectivity index (χ4n) is 2.48. The monoisotopic (exact) mass is 256 g/mol. The highest BCUT2D eigenvalue weighted by molar-refractivity contribution is 6.41. The lowest BCUT2D eigenvalue weighted by Gasteiger charge is -2.27. The fourth-order valence-corrected chi connectivity index (χ4v) is 2.48. The molecule has 0 aromatic carbocycles. The first-order chi connectivity index (χ1) is 9.31. The summed E-state index contributed by atoms with van der Waals surface area (Å²) in [6.45, 7) is 0.761. The normalized spacial score (nSPS) is 27.4. The van der Waals surface area contributed by atoms with E-state index in [1.165, 1.54) is 18.4 Å². The number of nitrogens with one attached hydrogen (secondary N) is 1. The molecule has 98 valence electrons. The molecule has 1 aromatic rings. The molecule has 0 bridgehead atoms. The Labute approximate surface area is 111 Å². The second-order valence-corrected chi connectivity index (χ2v) is 5.20. The van der Waals surface area contributed by atoms with Crippen LogP contribution < -0.4 is 5.32 Å². The molecule has 1 aromatic heterocycles. The highest BCUT2D eigenvalue weighted by Crippen LogP contribution is 2.29. The van der Waals surface area contributed by atoms with Crippen LogP contribution in [0.25, 0.3) is 0 Å². The predicted octanol–water partition coefficient (Wildman–Crippen LogP) is 0.811. The molecular formula is C13H16N6. The number of rotatable bonds is 2. The predicted molar refractivity (Wildman–Crippen MR) is 72.8 cm³/mol. The molecule has 1 fully saturated rings. The minimum absolute atomic E-state index is 0.242. The van der Waals surface area contributed by atoms with Crippen molar-refractivity contribution in [1.82, 2.24) is 20.0 Å². The Morgan fingerprint density at radius 1 is 1.42 bits per heavy atom. The largest absolute Gasteiger partial charge is 0.342 e. The van der Waals surface area contributed by atoms with Crippen molar-refractivity contribution in [2.24, 2.45) is 17.0 Å². The van der Waals surface area contributed by atoms with Crippen LogP contribution in [0.2, 0.25) is 0 Å². The summed E-state index contributed by atoms with van der Waals surface area (Å²) in [6, 6.07) is 0.738. The van der Waals surface area contributed by atoms with E-state index >= 15 is 0 Å². The van der Waals surface area contributed by atoms with Crippen LogP contribution in [0.15, 0.2) is 34.8 Å². The summed E-state index contributed by atoms with van der Waals surface area (Å²) in [7, 11) is 1.94. The summed E-state index contributed by atoms with van der Waals surface area (Å²) in [5.41, 5.74) is 1.19. The number of aliphatic imine (C=N–C) groups is 2. The molecule has 6 heteroatoms. The minimum atomic E-state index is 0.242. The fraction of sp³-hybridized carbons (Fsp3) is 0.462. The van der Waals surface area contributed by atoms with Crippen molar-refractivity contribution in [3.05, 3.63) is 30.4 Å². The topological polar surface area (TPSA) is 57.8 Å². The lowest BCUT2D eigenvalue weighted by atomic mass is 10.1. The molecule has 2 aliphatic heterocycles. The first kappa shape index (κ1) is 10.8. The molecule has 0 amide bonds. The van der Waals surface area contributed by atoms with Gasteiger partial charge in [-0.15, -0.1) is 0 Å². The van der Waals surface area contributed by atoms with E-state index < -0.39 is 0 Å².